The Hall–Kier alpha value is -1.48. The van der Waals surface area contributed by atoms with E-state index < -0.39 is 6.10 Å². The molecule has 0 heterocycles. The zero-order chi connectivity index (χ0) is 36.0. The van der Waals surface area contributed by atoms with Crippen molar-refractivity contribution in [3.8, 4) is 0 Å². The molecule has 4 N–H and O–H groups in total. The Morgan fingerprint density at radius 2 is 1.14 bits per heavy atom. The third kappa shape index (κ3) is 6.36. The fourth-order valence-electron chi connectivity index (χ4n) is 14.5. The van der Waals surface area contributed by atoms with E-state index in [0.29, 0.717) is 35.5 Å². The van der Waals surface area contributed by atoms with Crippen molar-refractivity contribution in [3.05, 3.63) is 11.6 Å². The van der Waals surface area contributed by atoms with Crippen LogP contribution in [0.4, 0.5) is 0 Å². The summed E-state index contributed by atoms with van der Waals surface area (Å²) >= 11 is 0. The van der Waals surface area contributed by atoms with Gasteiger partial charge in [0.05, 0.1) is 24.4 Å². The molecule has 0 spiro atoms. The number of rotatable bonds is 2. The quantitative estimate of drug-likeness (QED) is 0.175. The van der Waals surface area contributed by atoms with Crippen molar-refractivity contribution >= 4 is 11.9 Å². The molecule has 0 aromatic carbocycles. The van der Waals surface area contributed by atoms with Crippen LogP contribution >= 0.6 is 0 Å². The SMILES string of the molecule is C.CC(=O)O[C@H]1CCC2C3C(CC[C@@]21C)[C@@]1(C)CC[C@H](O)CC1=C[C@@H]3O.CC(=O)O[C@H]1CCC2C3C(CC[C@@]21C)[C@@]1(C)CC[C@H](O)CC1C[C@@H]3O. The van der Waals surface area contributed by atoms with Crippen molar-refractivity contribution in [3.63, 3.8) is 0 Å². The summed E-state index contributed by atoms with van der Waals surface area (Å²) in [5.41, 5.74) is 1.65. The number of fused-ring (bicyclic) bond motifs is 10. The van der Waals surface area contributed by atoms with Crippen LogP contribution in [0.3, 0.4) is 0 Å². The molecule has 8 rings (SSSR count). The number of ether oxygens (including phenoxy) is 2. The Morgan fingerprint density at radius 1 is 0.627 bits per heavy atom. The molecule has 8 aliphatic rings. The van der Waals surface area contributed by atoms with Gasteiger partial charge in [0.2, 0.25) is 0 Å². The molecular weight excluding hydrogens is 644 g/mol. The maximum atomic E-state index is 11.5. The van der Waals surface area contributed by atoms with Crippen LogP contribution in [-0.2, 0) is 19.1 Å². The van der Waals surface area contributed by atoms with Gasteiger partial charge in [-0.05, 0) is 149 Å². The van der Waals surface area contributed by atoms with Crippen molar-refractivity contribution in [2.75, 3.05) is 0 Å². The number of carbonyl (C=O) groups is 2. The Morgan fingerprint density at radius 3 is 1.73 bits per heavy atom. The van der Waals surface area contributed by atoms with Crippen molar-refractivity contribution in [1.82, 2.24) is 0 Å². The van der Waals surface area contributed by atoms with E-state index in [1.165, 1.54) is 19.4 Å². The predicted molar refractivity (Wildman–Crippen MR) is 196 cm³/mol. The summed E-state index contributed by atoms with van der Waals surface area (Å²) in [4.78, 5) is 23.1. The van der Waals surface area contributed by atoms with Gasteiger partial charge in [-0.1, -0.05) is 46.8 Å². The van der Waals surface area contributed by atoms with E-state index in [9.17, 15) is 30.0 Å². The van der Waals surface area contributed by atoms with Gasteiger partial charge >= 0.3 is 11.9 Å². The lowest BCUT2D eigenvalue weighted by Gasteiger charge is -2.62. The Bertz CT molecular complexity index is 1350. The van der Waals surface area contributed by atoms with Crippen LogP contribution in [-0.4, -0.2) is 69.0 Å². The van der Waals surface area contributed by atoms with Gasteiger partial charge in [0.15, 0.2) is 0 Å². The average Bonchev–Trinajstić information content (AvgIpc) is 3.54. The fraction of sp³-hybridized carbons (Fsp3) is 0.907. The Labute approximate surface area is 307 Å². The number of aliphatic hydroxyl groups excluding tert-OH is 4. The van der Waals surface area contributed by atoms with Crippen LogP contribution < -0.4 is 0 Å². The van der Waals surface area contributed by atoms with Crippen LogP contribution in [0.15, 0.2) is 11.6 Å². The second-order valence-electron chi connectivity index (χ2n) is 19.5. The third-order valence-corrected chi connectivity index (χ3v) is 17.2. The number of hydrogen-bond acceptors (Lipinski definition) is 8. The molecule has 290 valence electrons. The van der Waals surface area contributed by atoms with Crippen LogP contribution in [0.5, 0.6) is 0 Å². The smallest absolute Gasteiger partial charge is 0.302 e. The van der Waals surface area contributed by atoms with Gasteiger partial charge in [0, 0.05) is 24.7 Å². The molecule has 8 heteroatoms. The van der Waals surface area contributed by atoms with Gasteiger partial charge in [-0.2, -0.15) is 0 Å². The van der Waals surface area contributed by atoms with Crippen LogP contribution in [0.1, 0.15) is 145 Å². The van der Waals surface area contributed by atoms with Gasteiger partial charge in [-0.15, -0.1) is 0 Å². The number of hydrogen-bond donors (Lipinski definition) is 4. The molecule has 0 aliphatic heterocycles. The zero-order valence-electron chi connectivity index (χ0n) is 31.6. The van der Waals surface area contributed by atoms with Gasteiger partial charge in [-0.25, -0.2) is 0 Å². The highest BCUT2D eigenvalue weighted by Crippen LogP contribution is 2.67. The van der Waals surface area contributed by atoms with Gasteiger partial charge in [0.1, 0.15) is 12.2 Å². The molecule has 0 bridgehead atoms. The normalized spacial score (nSPS) is 52.4. The highest BCUT2D eigenvalue weighted by molar-refractivity contribution is 5.66. The summed E-state index contributed by atoms with van der Waals surface area (Å²) in [7, 11) is 0. The molecule has 0 saturated heterocycles. The molecular formula is C43H70O8. The molecule has 17 atom stereocenters. The summed E-state index contributed by atoms with van der Waals surface area (Å²) < 4.78 is 11.4. The van der Waals surface area contributed by atoms with E-state index in [4.69, 9.17) is 9.47 Å². The second kappa shape index (κ2) is 14.0. The minimum absolute atomic E-state index is 0. The van der Waals surface area contributed by atoms with E-state index in [0.717, 1.165) is 96.3 Å². The van der Waals surface area contributed by atoms with Crippen LogP contribution in [0.25, 0.3) is 0 Å². The molecule has 8 nitrogen and oxygen atoms in total. The van der Waals surface area contributed by atoms with Crippen molar-refractivity contribution in [1.29, 1.82) is 0 Å². The zero-order valence-corrected chi connectivity index (χ0v) is 31.6. The topological polar surface area (TPSA) is 134 Å². The molecule has 0 radical (unpaired) electrons. The van der Waals surface area contributed by atoms with E-state index >= 15 is 0 Å². The second-order valence-corrected chi connectivity index (χ2v) is 19.5. The number of esters is 2. The van der Waals surface area contributed by atoms with Crippen molar-refractivity contribution in [2.24, 2.45) is 63.1 Å². The minimum Gasteiger partial charge on any atom is -0.462 e. The first-order chi connectivity index (χ1) is 23.5. The summed E-state index contributed by atoms with van der Waals surface area (Å²) in [5.74, 6) is 2.55. The molecule has 0 amide bonds. The van der Waals surface area contributed by atoms with Crippen LogP contribution in [0.2, 0.25) is 0 Å². The van der Waals surface area contributed by atoms with Crippen molar-refractivity contribution < 1.29 is 39.5 Å². The van der Waals surface area contributed by atoms with Gasteiger partial charge < -0.3 is 29.9 Å². The monoisotopic (exact) mass is 715 g/mol. The molecule has 7 unspecified atom stereocenters. The largest absolute Gasteiger partial charge is 0.462 e. The highest BCUT2D eigenvalue weighted by atomic mass is 16.5. The molecule has 0 aromatic rings. The lowest BCUT2D eigenvalue weighted by Crippen LogP contribution is -2.59. The summed E-state index contributed by atoms with van der Waals surface area (Å²) in [6, 6.07) is 0. The maximum absolute atomic E-state index is 11.5. The lowest BCUT2D eigenvalue weighted by molar-refractivity contribution is -0.184. The lowest BCUT2D eigenvalue weighted by atomic mass is 9.44. The first kappa shape index (κ1) is 39.2. The number of aliphatic hydroxyl groups is 4. The molecule has 7 saturated carbocycles. The summed E-state index contributed by atoms with van der Waals surface area (Å²) in [6.07, 6.45) is 15.5. The summed E-state index contributed by atoms with van der Waals surface area (Å²) in [5, 5.41) is 42.3. The third-order valence-electron chi connectivity index (χ3n) is 17.2. The fourth-order valence-corrected chi connectivity index (χ4v) is 14.5. The molecule has 51 heavy (non-hydrogen) atoms. The van der Waals surface area contributed by atoms with E-state index in [-0.39, 0.29) is 77.5 Å². The molecule has 0 aromatic heterocycles. The van der Waals surface area contributed by atoms with Crippen molar-refractivity contribution in [2.45, 2.75) is 182 Å². The first-order valence-corrected chi connectivity index (χ1v) is 20.3. The first-order valence-electron chi connectivity index (χ1n) is 20.3. The average molecular weight is 715 g/mol. The standard InChI is InChI=1S/C21H34O4.C21H32O4.CH4/c2*1-12(22)25-18-5-4-15-19-16(7-9-21(15,18)3)20(2)8-6-14(23)10-13(20)11-17(19)24;/h13-19,23-24H,4-11H2,1-3H3;11,14-19,23-24H,4-10H2,1-3H3;1H4/t13?,14-,15?,16?,17-,18-,19?,20-,21-;14-,15?,16?,17-,18-,19?,20-,21-;/m00./s1. The van der Waals surface area contributed by atoms with E-state index in [2.05, 4.69) is 33.8 Å². The summed E-state index contributed by atoms with van der Waals surface area (Å²) in [6.45, 7) is 12.4. The number of carbonyl (C=O) groups excluding carboxylic acids is 2. The van der Waals surface area contributed by atoms with E-state index in [1.54, 1.807) is 0 Å². The molecule has 8 aliphatic carbocycles. The van der Waals surface area contributed by atoms with E-state index in [1.807, 2.05) is 0 Å². The van der Waals surface area contributed by atoms with Gasteiger partial charge in [-0.3, -0.25) is 9.59 Å². The predicted octanol–water partition coefficient (Wildman–Crippen LogP) is 7.14. The highest BCUT2D eigenvalue weighted by Gasteiger charge is 2.64. The van der Waals surface area contributed by atoms with Gasteiger partial charge in [0.25, 0.3) is 0 Å². The molecule has 7 fully saturated rings. The minimum atomic E-state index is -0.431. The van der Waals surface area contributed by atoms with Crippen LogP contribution in [0, 0.1) is 63.1 Å². The Balaban J connectivity index is 0.000000172. The maximum Gasteiger partial charge on any atom is 0.302 e. The Kier molecular flexibility index (Phi) is 10.8.